The van der Waals surface area contributed by atoms with Gasteiger partial charge in [0.25, 0.3) is 0 Å². The van der Waals surface area contributed by atoms with Crippen molar-refractivity contribution in [1.29, 1.82) is 0 Å². The van der Waals surface area contributed by atoms with Crippen LogP contribution in [0.3, 0.4) is 0 Å². The SMILES string of the molecule is COc1ccc(CCC(=O)N2CCN(CC(=O)N3CCc4sccc4C3)CC2)cc1. The first-order valence-corrected chi connectivity index (χ1v) is 11.5. The van der Waals surface area contributed by atoms with E-state index in [0.29, 0.717) is 26.1 Å². The zero-order valence-corrected chi connectivity index (χ0v) is 18.3. The molecule has 0 radical (unpaired) electrons. The number of benzene rings is 1. The van der Waals surface area contributed by atoms with Gasteiger partial charge in [0.1, 0.15) is 5.75 Å². The van der Waals surface area contributed by atoms with Gasteiger partial charge < -0.3 is 14.5 Å². The summed E-state index contributed by atoms with van der Waals surface area (Å²) >= 11 is 1.79. The van der Waals surface area contributed by atoms with Gasteiger partial charge in [-0.05, 0) is 47.5 Å². The number of amides is 2. The molecule has 1 saturated heterocycles. The topological polar surface area (TPSA) is 53.1 Å². The molecule has 3 heterocycles. The van der Waals surface area contributed by atoms with Crippen molar-refractivity contribution in [1.82, 2.24) is 14.7 Å². The third-order valence-corrected chi connectivity index (χ3v) is 7.05. The highest BCUT2D eigenvalue weighted by Gasteiger charge is 2.26. The summed E-state index contributed by atoms with van der Waals surface area (Å²) in [5, 5.41) is 2.11. The zero-order chi connectivity index (χ0) is 20.9. The van der Waals surface area contributed by atoms with Crippen molar-refractivity contribution in [2.24, 2.45) is 0 Å². The molecule has 2 amide bonds. The van der Waals surface area contributed by atoms with Crippen molar-refractivity contribution in [2.75, 3.05) is 46.4 Å². The van der Waals surface area contributed by atoms with Crippen molar-refractivity contribution in [3.05, 3.63) is 51.7 Å². The van der Waals surface area contributed by atoms with E-state index in [0.717, 1.165) is 50.3 Å². The van der Waals surface area contributed by atoms with Gasteiger partial charge in [-0.15, -0.1) is 11.3 Å². The Bertz CT molecular complexity index is 872. The Labute approximate surface area is 182 Å². The molecule has 0 N–H and O–H groups in total. The van der Waals surface area contributed by atoms with Crippen molar-refractivity contribution >= 4 is 23.2 Å². The molecule has 30 heavy (non-hydrogen) atoms. The summed E-state index contributed by atoms with van der Waals surface area (Å²) in [7, 11) is 1.65. The highest BCUT2D eigenvalue weighted by atomic mass is 32.1. The minimum atomic E-state index is 0.192. The quantitative estimate of drug-likeness (QED) is 0.711. The lowest BCUT2D eigenvalue weighted by Gasteiger charge is -2.36. The number of methoxy groups -OCH3 is 1. The van der Waals surface area contributed by atoms with E-state index in [2.05, 4.69) is 16.3 Å². The fourth-order valence-corrected chi connectivity index (χ4v) is 5.00. The maximum atomic E-state index is 12.7. The summed E-state index contributed by atoms with van der Waals surface area (Å²) in [5.41, 5.74) is 2.44. The van der Waals surface area contributed by atoms with E-state index >= 15 is 0 Å². The Hall–Kier alpha value is -2.38. The van der Waals surface area contributed by atoms with Crippen molar-refractivity contribution in [3.8, 4) is 5.75 Å². The van der Waals surface area contributed by atoms with E-state index in [1.165, 1.54) is 10.4 Å². The standard InChI is InChI=1S/C23H29N3O3S/c1-29-20-5-2-18(3-6-20)4-7-22(27)25-13-11-24(12-14-25)17-23(28)26-10-8-21-19(16-26)9-15-30-21/h2-3,5-6,9,15H,4,7-8,10-14,16-17H2,1H3. The molecule has 1 fully saturated rings. The first kappa shape index (κ1) is 20.9. The lowest BCUT2D eigenvalue weighted by molar-refractivity contribution is -0.135. The third kappa shape index (κ3) is 5.02. The molecule has 0 unspecified atom stereocenters. The molecule has 1 aromatic carbocycles. The summed E-state index contributed by atoms with van der Waals surface area (Å²) in [4.78, 5) is 32.8. The molecular weight excluding hydrogens is 398 g/mol. The number of fused-ring (bicyclic) bond motifs is 1. The normalized spacial score (nSPS) is 17.0. The second-order valence-corrected chi connectivity index (χ2v) is 8.94. The number of piperazine rings is 1. The monoisotopic (exact) mass is 427 g/mol. The van der Waals surface area contributed by atoms with Crippen LogP contribution in [0.5, 0.6) is 5.75 Å². The summed E-state index contributed by atoms with van der Waals surface area (Å²) in [6.45, 7) is 4.92. The molecule has 2 aliphatic heterocycles. The van der Waals surface area contributed by atoms with Crippen LogP contribution < -0.4 is 4.74 Å². The van der Waals surface area contributed by atoms with Crippen LogP contribution in [0.4, 0.5) is 0 Å². The van der Waals surface area contributed by atoms with Crippen LogP contribution in [0.1, 0.15) is 22.4 Å². The minimum absolute atomic E-state index is 0.192. The fourth-order valence-electron chi connectivity index (χ4n) is 4.11. The minimum Gasteiger partial charge on any atom is -0.497 e. The van der Waals surface area contributed by atoms with Gasteiger partial charge in [0.05, 0.1) is 13.7 Å². The third-order valence-electron chi connectivity index (χ3n) is 6.03. The lowest BCUT2D eigenvalue weighted by atomic mass is 10.1. The fraction of sp³-hybridized carbons (Fsp3) is 0.478. The molecule has 0 spiro atoms. The van der Waals surface area contributed by atoms with Crippen molar-refractivity contribution < 1.29 is 14.3 Å². The van der Waals surface area contributed by atoms with Crippen molar-refractivity contribution in [2.45, 2.75) is 25.8 Å². The van der Waals surface area contributed by atoms with Gasteiger partial charge in [0.15, 0.2) is 0 Å². The predicted octanol–water partition coefficient (Wildman–Crippen LogP) is 2.42. The maximum absolute atomic E-state index is 12.7. The van der Waals surface area contributed by atoms with Gasteiger partial charge in [-0.2, -0.15) is 0 Å². The van der Waals surface area contributed by atoms with Crippen LogP contribution in [0.15, 0.2) is 35.7 Å². The maximum Gasteiger partial charge on any atom is 0.237 e. The number of hydrogen-bond acceptors (Lipinski definition) is 5. The average molecular weight is 428 g/mol. The Morgan fingerprint density at radius 2 is 1.73 bits per heavy atom. The molecule has 0 bridgehead atoms. The molecular formula is C23H29N3O3S. The molecule has 0 atom stereocenters. The van der Waals surface area contributed by atoms with Crippen molar-refractivity contribution in [3.63, 3.8) is 0 Å². The Morgan fingerprint density at radius 1 is 0.967 bits per heavy atom. The van der Waals surface area contributed by atoms with Gasteiger partial charge in [-0.25, -0.2) is 0 Å². The molecule has 2 aliphatic rings. The van der Waals surface area contributed by atoms with Gasteiger partial charge in [-0.1, -0.05) is 12.1 Å². The van der Waals surface area contributed by atoms with Gasteiger partial charge in [-0.3, -0.25) is 14.5 Å². The van der Waals surface area contributed by atoms with Crippen LogP contribution in [-0.4, -0.2) is 72.9 Å². The number of nitrogens with zero attached hydrogens (tertiary/aromatic N) is 3. The highest BCUT2D eigenvalue weighted by Crippen LogP contribution is 2.24. The number of aryl methyl sites for hydroxylation is 1. The van der Waals surface area contributed by atoms with Crippen LogP contribution >= 0.6 is 11.3 Å². The van der Waals surface area contributed by atoms with Gasteiger partial charge in [0, 0.05) is 50.6 Å². The highest BCUT2D eigenvalue weighted by molar-refractivity contribution is 7.10. The molecule has 0 aliphatic carbocycles. The van der Waals surface area contributed by atoms with Gasteiger partial charge in [0.2, 0.25) is 11.8 Å². The van der Waals surface area contributed by atoms with E-state index in [1.807, 2.05) is 34.1 Å². The van der Waals surface area contributed by atoms with E-state index in [4.69, 9.17) is 4.74 Å². The van der Waals surface area contributed by atoms with E-state index in [1.54, 1.807) is 18.4 Å². The summed E-state index contributed by atoms with van der Waals surface area (Å²) in [6, 6.07) is 10.0. The molecule has 6 nitrogen and oxygen atoms in total. The lowest BCUT2D eigenvalue weighted by Crippen LogP contribution is -2.52. The Kier molecular flexibility index (Phi) is 6.69. The van der Waals surface area contributed by atoms with Gasteiger partial charge >= 0.3 is 0 Å². The number of carbonyl (C=O) groups is 2. The first-order chi connectivity index (χ1) is 14.6. The number of carbonyl (C=O) groups excluding carboxylic acids is 2. The zero-order valence-electron chi connectivity index (χ0n) is 17.5. The predicted molar refractivity (Wildman–Crippen MR) is 118 cm³/mol. The molecule has 2 aromatic rings. The number of hydrogen-bond donors (Lipinski definition) is 0. The van der Waals surface area contributed by atoms with Crippen LogP contribution in [0, 0.1) is 0 Å². The average Bonchev–Trinajstić information content (AvgIpc) is 3.26. The van der Waals surface area contributed by atoms with Crippen LogP contribution in [0.2, 0.25) is 0 Å². The summed E-state index contributed by atoms with van der Waals surface area (Å²) in [6.07, 6.45) is 2.22. The smallest absolute Gasteiger partial charge is 0.237 e. The van der Waals surface area contributed by atoms with E-state index < -0.39 is 0 Å². The van der Waals surface area contributed by atoms with E-state index in [9.17, 15) is 9.59 Å². The number of thiophene rings is 1. The largest absolute Gasteiger partial charge is 0.497 e. The molecule has 0 saturated carbocycles. The second kappa shape index (κ2) is 9.62. The summed E-state index contributed by atoms with van der Waals surface area (Å²) < 4.78 is 5.17. The van der Waals surface area contributed by atoms with Crippen LogP contribution in [0.25, 0.3) is 0 Å². The Balaban J connectivity index is 1.19. The molecule has 4 rings (SSSR count). The first-order valence-electron chi connectivity index (χ1n) is 10.6. The number of rotatable bonds is 6. The molecule has 1 aromatic heterocycles. The number of ether oxygens (including phenoxy) is 1. The summed E-state index contributed by atoms with van der Waals surface area (Å²) in [5.74, 6) is 1.22. The Morgan fingerprint density at radius 3 is 2.47 bits per heavy atom. The second-order valence-electron chi connectivity index (χ2n) is 7.94. The molecule has 7 heteroatoms. The van der Waals surface area contributed by atoms with E-state index in [-0.39, 0.29) is 11.8 Å². The molecule has 160 valence electrons. The van der Waals surface area contributed by atoms with Crippen LogP contribution in [-0.2, 0) is 29.0 Å².